The molecule has 5 nitrogen and oxygen atoms in total. The quantitative estimate of drug-likeness (QED) is 0.854. The number of nitrogens with zero attached hydrogens (tertiary/aromatic N) is 2. The number of hydrogen-bond donors (Lipinski definition) is 2. The second-order valence-electron chi connectivity index (χ2n) is 3.91. The third-order valence-electron chi connectivity index (χ3n) is 2.73. The summed E-state index contributed by atoms with van der Waals surface area (Å²) in [7, 11) is 1.53. The van der Waals surface area contributed by atoms with Crippen molar-refractivity contribution >= 4 is 5.97 Å². The van der Waals surface area contributed by atoms with Gasteiger partial charge >= 0.3 is 5.97 Å². The zero-order valence-corrected chi connectivity index (χ0v) is 9.81. The van der Waals surface area contributed by atoms with E-state index in [-0.39, 0.29) is 22.6 Å². The van der Waals surface area contributed by atoms with Crippen molar-refractivity contribution in [3.05, 3.63) is 35.3 Å². The van der Waals surface area contributed by atoms with Gasteiger partial charge in [0, 0.05) is 12.6 Å². The zero-order valence-electron chi connectivity index (χ0n) is 9.81. The zero-order chi connectivity index (χ0) is 13.4. The molecule has 94 valence electrons. The van der Waals surface area contributed by atoms with Crippen LogP contribution in [0.1, 0.15) is 16.1 Å². The molecule has 1 aromatic carbocycles. The third-order valence-corrected chi connectivity index (χ3v) is 2.73. The van der Waals surface area contributed by atoms with Crippen molar-refractivity contribution in [1.82, 2.24) is 9.78 Å². The van der Waals surface area contributed by atoms with Crippen LogP contribution in [-0.4, -0.2) is 26.0 Å². The summed E-state index contributed by atoms with van der Waals surface area (Å²) in [5, 5.41) is 22.4. The fraction of sp³-hybridized carbons (Fsp3) is 0.167. The SMILES string of the molecule is Cc1c(F)ccc(O)c1-c1cc(C(=O)O)nn1C. The molecule has 6 heteroatoms. The van der Waals surface area contributed by atoms with Crippen molar-refractivity contribution in [2.75, 3.05) is 0 Å². The van der Waals surface area contributed by atoms with E-state index in [4.69, 9.17) is 5.11 Å². The molecule has 1 aromatic heterocycles. The molecule has 0 radical (unpaired) electrons. The Hall–Kier alpha value is -2.37. The minimum Gasteiger partial charge on any atom is -0.507 e. The number of aromatic hydroxyl groups is 1. The molecule has 0 saturated carbocycles. The molecule has 0 atom stereocenters. The van der Waals surface area contributed by atoms with Crippen LogP contribution in [0.15, 0.2) is 18.2 Å². The summed E-state index contributed by atoms with van der Waals surface area (Å²) in [4.78, 5) is 10.8. The van der Waals surface area contributed by atoms with E-state index in [1.54, 1.807) is 0 Å². The molecule has 0 fully saturated rings. The van der Waals surface area contributed by atoms with Gasteiger partial charge in [0.25, 0.3) is 0 Å². The van der Waals surface area contributed by atoms with Crippen LogP contribution in [0.5, 0.6) is 5.75 Å². The van der Waals surface area contributed by atoms with E-state index in [2.05, 4.69) is 5.10 Å². The van der Waals surface area contributed by atoms with Gasteiger partial charge in [0.1, 0.15) is 11.6 Å². The Morgan fingerprint density at radius 3 is 2.67 bits per heavy atom. The molecular formula is C12H11FN2O3. The monoisotopic (exact) mass is 250 g/mol. The lowest BCUT2D eigenvalue weighted by Crippen LogP contribution is -2.00. The topological polar surface area (TPSA) is 75.3 Å². The lowest BCUT2D eigenvalue weighted by Gasteiger charge is -2.09. The molecule has 1 heterocycles. The van der Waals surface area contributed by atoms with Gasteiger partial charge in [-0.1, -0.05) is 0 Å². The fourth-order valence-corrected chi connectivity index (χ4v) is 1.80. The average molecular weight is 250 g/mol. The van der Waals surface area contributed by atoms with E-state index in [9.17, 15) is 14.3 Å². The number of carboxylic acid groups (broad SMARTS) is 1. The number of phenols is 1. The number of hydrogen-bond acceptors (Lipinski definition) is 3. The number of aryl methyl sites for hydroxylation is 1. The Kier molecular flexibility index (Phi) is 2.78. The number of benzene rings is 1. The van der Waals surface area contributed by atoms with Crippen LogP contribution < -0.4 is 0 Å². The Balaban J connectivity index is 2.69. The first-order valence-electron chi connectivity index (χ1n) is 5.17. The van der Waals surface area contributed by atoms with Gasteiger partial charge in [-0.15, -0.1) is 0 Å². The molecule has 0 saturated heterocycles. The number of aromatic nitrogens is 2. The second kappa shape index (κ2) is 4.14. The van der Waals surface area contributed by atoms with Crippen LogP contribution in [0.3, 0.4) is 0 Å². The summed E-state index contributed by atoms with van der Waals surface area (Å²) in [6, 6.07) is 3.68. The maximum absolute atomic E-state index is 13.5. The summed E-state index contributed by atoms with van der Waals surface area (Å²) < 4.78 is 14.8. The van der Waals surface area contributed by atoms with Crippen LogP contribution in [0.25, 0.3) is 11.3 Å². The first-order chi connectivity index (χ1) is 8.41. The number of rotatable bonds is 2. The summed E-state index contributed by atoms with van der Waals surface area (Å²) in [5.74, 6) is -1.76. The number of phenolic OH excluding ortho intramolecular Hbond substituents is 1. The summed E-state index contributed by atoms with van der Waals surface area (Å²) >= 11 is 0. The van der Waals surface area contributed by atoms with Gasteiger partial charge in [0.05, 0.1) is 5.69 Å². The minimum atomic E-state index is -1.18. The van der Waals surface area contributed by atoms with Crippen LogP contribution >= 0.6 is 0 Å². The second-order valence-corrected chi connectivity index (χ2v) is 3.91. The van der Waals surface area contributed by atoms with Gasteiger partial charge in [-0.3, -0.25) is 4.68 Å². The molecule has 0 amide bonds. The molecule has 18 heavy (non-hydrogen) atoms. The maximum atomic E-state index is 13.5. The van der Waals surface area contributed by atoms with Gasteiger partial charge in [-0.2, -0.15) is 5.10 Å². The van der Waals surface area contributed by atoms with E-state index in [0.717, 1.165) is 6.07 Å². The van der Waals surface area contributed by atoms with E-state index >= 15 is 0 Å². The van der Waals surface area contributed by atoms with Crippen LogP contribution in [0.4, 0.5) is 4.39 Å². The van der Waals surface area contributed by atoms with Crippen LogP contribution in [-0.2, 0) is 7.05 Å². The van der Waals surface area contributed by atoms with Crippen LogP contribution in [0, 0.1) is 12.7 Å². The van der Waals surface area contributed by atoms with Crippen molar-refractivity contribution < 1.29 is 19.4 Å². The van der Waals surface area contributed by atoms with Gasteiger partial charge in [0.2, 0.25) is 0 Å². The predicted molar refractivity (Wildman–Crippen MR) is 62.0 cm³/mol. The van der Waals surface area contributed by atoms with E-state index in [1.807, 2.05) is 0 Å². The molecule has 0 aliphatic heterocycles. The maximum Gasteiger partial charge on any atom is 0.356 e. The highest BCUT2D eigenvalue weighted by atomic mass is 19.1. The average Bonchev–Trinajstić information content (AvgIpc) is 2.67. The standard InChI is InChI=1S/C12H11FN2O3/c1-6-7(13)3-4-10(16)11(6)9-5-8(12(17)18)14-15(9)2/h3-5,16H,1-2H3,(H,17,18). The summed E-state index contributed by atoms with van der Waals surface area (Å²) in [6.07, 6.45) is 0. The normalized spacial score (nSPS) is 10.6. The Morgan fingerprint density at radius 1 is 1.44 bits per heavy atom. The van der Waals surface area contributed by atoms with Gasteiger partial charge < -0.3 is 10.2 Å². The molecule has 0 unspecified atom stereocenters. The largest absolute Gasteiger partial charge is 0.507 e. The van der Waals surface area contributed by atoms with Gasteiger partial charge in [-0.25, -0.2) is 9.18 Å². The molecule has 0 spiro atoms. The molecule has 0 bridgehead atoms. The van der Waals surface area contributed by atoms with Crippen molar-refractivity contribution in [2.45, 2.75) is 6.92 Å². The van der Waals surface area contributed by atoms with Crippen molar-refractivity contribution in [1.29, 1.82) is 0 Å². The summed E-state index contributed by atoms with van der Waals surface area (Å²) in [5.41, 5.74) is 0.685. The molecule has 2 rings (SSSR count). The summed E-state index contributed by atoms with van der Waals surface area (Å²) in [6.45, 7) is 1.51. The molecule has 2 aromatic rings. The third kappa shape index (κ3) is 1.81. The molecule has 0 aliphatic carbocycles. The molecule has 0 aliphatic rings. The smallest absolute Gasteiger partial charge is 0.356 e. The fourth-order valence-electron chi connectivity index (χ4n) is 1.80. The highest BCUT2D eigenvalue weighted by Gasteiger charge is 2.18. The molecule has 2 N–H and O–H groups in total. The Labute approximate surface area is 102 Å². The van der Waals surface area contributed by atoms with Gasteiger partial charge in [0.15, 0.2) is 5.69 Å². The highest BCUT2D eigenvalue weighted by molar-refractivity contribution is 5.87. The molecular weight excluding hydrogens is 239 g/mol. The van der Waals surface area contributed by atoms with Crippen molar-refractivity contribution in [2.24, 2.45) is 7.05 Å². The predicted octanol–water partition coefficient (Wildman–Crippen LogP) is 1.94. The number of carbonyl (C=O) groups is 1. The number of carboxylic acids is 1. The van der Waals surface area contributed by atoms with E-state index < -0.39 is 11.8 Å². The Morgan fingerprint density at radius 2 is 2.11 bits per heavy atom. The van der Waals surface area contributed by atoms with Crippen LogP contribution in [0.2, 0.25) is 0 Å². The minimum absolute atomic E-state index is 0.117. The van der Waals surface area contributed by atoms with Gasteiger partial charge in [-0.05, 0) is 30.7 Å². The first-order valence-corrected chi connectivity index (χ1v) is 5.17. The van der Waals surface area contributed by atoms with Crippen molar-refractivity contribution in [3.63, 3.8) is 0 Å². The van der Waals surface area contributed by atoms with Crippen molar-refractivity contribution in [3.8, 4) is 17.0 Å². The van der Waals surface area contributed by atoms with E-state index in [1.165, 1.54) is 30.8 Å². The number of aromatic carboxylic acids is 1. The lowest BCUT2D eigenvalue weighted by molar-refractivity contribution is 0.0689. The Bertz CT molecular complexity index is 634. The highest BCUT2D eigenvalue weighted by Crippen LogP contribution is 2.33. The first kappa shape index (κ1) is 12.1. The van der Waals surface area contributed by atoms with E-state index in [0.29, 0.717) is 5.69 Å². The lowest BCUT2D eigenvalue weighted by atomic mass is 10.0. The number of halogens is 1.